The predicted molar refractivity (Wildman–Crippen MR) is 90.1 cm³/mol. The minimum atomic E-state index is -0.328. The van der Waals surface area contributed by atoms with Crippen LogP contribution in [0.5, 0.6) is 0 Å². The number of hydrogen-bond acceptors (Lipinski definition) is 4. The van der Waals surface area contributed by atoms with Crippen LogP contribution in [0.1, 0.15) is 30.1 Å². The number of halogens is 2. The predicted octanol–water partition coefficient (Wildman–Crippen LogP) is 3.43. The van der Waals surface area contributed by atoms with E-state index in [0.717, 1.165) is 0 Å². The lowest BCUT2D eigenvalue weighted by Gasteiger charge is -2.22. The van der Waals surface area contributed by atoms with Gasteiger partial charge in [-0.1, -0.05) is 23.2 Å². The van der Waals surface area contributed by atoms with E-state index in [1.54, 1.807) is 31.1 Å². The molecule has 0 heterocycles. The lowest BCUT2D eigenvalue weighted by molar-refractivity contribution is -0.143. The van der Waals surface area contributed by atoms with Gasteiger partial charge < -0.3 is 14.4 Å². The third kappa shape index (κ3) is 6.77. The Bertz CT molecular complexity index is 537. The van der Waals surface area contributed by atoms with Crippen LogP contribution in [0, 0.1) is 0 Å². The number of methoxy groups -OCH3 is 1. The summed E-state index contributed by atoms with van der Waals surface area (Å²) in [5.41, 5.74) is 0.431. The Balaban J connectivity index is 2.77. The van der Waals surface area contributed by atoms with Crippen molar-refractivity contribution in [2.24, 2.45) is 0 Å². The van der Waals surface area contributed by atoms with Gasteiger partial charge in [0.15, 0.2) is 0 Å². The highest BCUT2D eigenvalue weighted by atomic mass is 35.5. The van der Waals surface area contributed by atoms with E-state index in [0.29, 0.717) is 41.8 Å². The molecule has 0 spiro atoms. The first kappa shape index (κ1) is 19.7. The molecule has 1 aromatic rings. The van der Waals surface area contributed by atoms with E-state index >= 15 is 0 Å². The highest BCUT2D eigenvalue weighted by Gasteiger charge is 2.18. The molecule has 0 aliphatic rings. The summed E-state index contributed by atoms with van der Waals surface area (Å²) in [7, 11) is 1.60. The van der Waals surface area contributed by atoms with Crippen LogP contribution >= 0.6 is 23.2 Å². The molecule has 7 heteroatoms. The number of hydrogen-bond donors (Lipinski definition) is 0. The van der Waals surface area contributed by atoms with Crippen LogP contribution in [0.25, 0.3) is 0 Å². The van der Waals surface area contributed by atoms with Gasteiger partial charge >= 0.3 is 5.97 Å². The zero-order valence-corrected chi connectivity index (χ0v) is 14.8. The summed E-state index contributed by atoms with van der Waals surface area (Å²) in [6.45, 7) is 3.36. The van der Waals surface area contributed by atoms with Crippen LogP contribution in [-0.2, 0) is 14.3 Å². The van der Waals surface area contributed by atoms with E-state index in [2.05, 4.69) is 0 Å². The smallest absolute Gasteiger partial charge is 0.307 e. The molecule has 0 N–H and O–H groups in total. The zero-order valence-electron chi connectivity index (χ0n) is 13.3. The summed E-state index contributed by atoms with van der Waals surface area (Å²) in [6, 6.07) is 4.72. The first-order valence-electron chi connectivity index (χ1n) is 7.38. The van der Waals surface area contributed by atoms with Crippen molar-refractivity contribution in [3.05, 3.63) is 33.8 Å². The van der Waals surface area contributed by atoms with Gasteiger partial charge in [-0.05, 0) is 31.5 Å². The summed E-state index contributed by atoms with van der Waals surface area (Å²) in [5.74, 6) is -0.532. The maximum Gasteiger partial charge on any atom is 0.307 e. The summed E-state index contributed by atoms with van der Waals surface area (Å²) < 4.78 is 9.91. The Morgan fingerprint density at radius 3 is 2.52 bits per heavy atom. The number of carbonyl (C=O) groups is 2. The molecule has 5 nitrogen and oxygen atoms in total. The monoisotopic (exact) mass is 361 g/mol. The number of amides is 1. The molecule has 0 aromatic heterocycles. The minimum absolute atomic E-state index is 0.147. The molecule has 1 aromatic carbocycles. The molecule has 0 aliphatic heterocycles. The number of rotatable bonds is 9. The topological polar surface area (TPSA) is 55.8 Å². The normalized spacial score (nSPS) is 10.4. The molecule has 1 amide bonds. The van der Waals surface area contributed by atoms with E-state index in [1.165, 1.54) is 6.07 Å². The molecule has 0 unspecified atom stereocenters. The van der Waals surface area contributed by atoms with Gasteiger partial charge in [0.25, 0.3) is 5.91 Å². The third-order valence-corrected chi connectivity index (χ3v) is 3.86. The van der Waals surface area contributed by atoms with Gasteiger partial charge in [0, 0.05) is 32.4 Å². The zero-order chi connectivity index (χ0) is 17.2. The molecule has 128 valence electrons. The van der Waals surface area contributed by atoms with E-state index in [-0.39, 0.29) is 24.8 Å². The Kier molecular flexibility index (Phi) is 8.99. The van der Waals surface area contributed by atoms with Crippen LogP contribution in [-0.4, -0.2) is 50.2 Å². The van der Waals surface area contributed by atoms with Gasteiger partial charge in [-0.2, -0.15) is 0 Å². The number of ether oxygens (including phenoxy) is 2. The van der Waals surface area contributed by atoms with Gasteiger partial charge in [-0.15, -0.1) is 0 Å². The van der Waals surface area contributed by atoms with Gasteiger partial charge in [0.05, 0.1) is 23.1 Å². The first-order chi connectivity index (χ1) is 11.0. The summed E-state index contributed by atoms with van der Waals surface area (Å²) in [4.78, 5) is 25.7. The molecule has 0 atom stereocenters. The first-order valence-corrected chi connectivity index (χ1v) is 8.14. The standard InChI is InChI=1S/C16H21Cl2NO4/c1-3-23-15(20)7-9-19(8-4-10-22-2)16(21)12-5-6-13(17)14(18)11-12/h5-6,11H,3-4,7-10H2,1-2H3. The second-order valence-corrected chi connectivity index (χ2v) is 5.64. The maximum absolute atomic E-state index is 12.6. The fourth-order valence-corrected chi connectivity index (χ4v) is 2.28. The van der Waals surface area contributed by atoms with Crippen molar-refractivity contribution in [2.45, 2.75) is 19.8 Å². The highest BCUT2D eigenvalue weighted by molar-refractivity contribution is 6.42. The van der Waals surface area contributed by atoms with E-state index in [4.69, 9.17) is 32.7 Å². The number of nitrogens with zero attached hydrogens (tertiary/aromatic N) is 1. The quantitative estimate of drug-likeness (QED) is 0.499. The number of esters is 1. The van der Waals surface area contributed by atoms with Crippen molar-refractivity contribution < 1.29 is 19.1 Å². The average Bonchev–Trinajstić information content (AvgIpc) is 2.53. The molecule has 0 bridgehead atoms. The van der Waals surface area contributed by atoms with Crippen molar-refractivity contribution in [3.8, 4) is 0 Å². The average molecular weight is 362 g/mol. The van der Waals surface area contributed by atoms with Crippen LogP contribution < -0.4 is 0 Å². The molecule has 0 saturated carbocycles. The fourth-order valence-electron chi connectivity index (χ4n) is 1.99. The van der Waals surface area contributed by atoms with E-state index < -0.39 is 0 Å². The van der Waals surface area contributed by atoms with Gasteiger partial charge in [-0.3, -0.25) is 9.59 Å². The van der Waals surface area contributed by atoms with E-state index in [9.17, 15) is 9.59 Å². The van der Waals surface area contributed by atoms with Gasteiger partial charge in [-0.25, -0.2) is 0 Å². The van der Waals surface area contributed by atoms with Crippen molar-refractivity contribution in [2.75, 3.05) is 33.4 Å². The molecule has 0 aliphatic carbocycles. The SMILES string of the molecule is CCOC(=O)CCN(CCCOC)C(=O)c1ccc(Cl)c(Cl)c1. The molecular weight excluding hydrogens is 341 g/mol. The molecule has 0 saturated heterocycles. The summed E-state index contributed by atoms with van der Waals surface area (Å²) >= 11 is 11.8. The lowest BCUT2D eigenvalue weighted by Crippen LogP contribution is -2.34. The fraction of sp³-hybridized carbons (Fsp3) is 0.500. The number of benzene rings is 1. The Labute approximate surface area is 146 Å². The number of carbonyl (C=O) groups excluding carboxylic acids is 2. The Hall–Kier alpha value is -1.30. The second kappa shape index (κ2) is 10.5. The minimum Gasteiger partial charge on any atom is -0.466 e. The van der Waals surface area contributed by atoms with Gasteiger partial charge in [0.1, 0.15) is 0 Å². The maximum atomic E-state index is 12.6. The van der Waals surface area contributed by atoms with Gasteiger partial charge in [0.2, 0.25) is 0 Å². The summed E-state index contributed by atoms with van der Waals surface area (Å²) in [5, 5.41) is 0.709. The molecular formula is C16H21Cl2NO4. The third-order valence-electron chi connectivity index (χ3n) is 3.12. The van der Waals surface area contributed by atoms with Crippen LogP contribution in [0.4, 0.5) is 0 Å². The van der Waals surface area contributed by atoms with Crippen LogP contribution in [0.3, 0.4) is 0 Å². The summed E-state index contributed by atoms with van der Waals surface area (Å²) in [6.07, 6.45) is 0.820. The Morgan fingerprint density at radius 2 is 1.91 bits per heavy atom. The molecule has 1 rings (SSSR count). The van der Waals surface area contributed by atoms with Crippen LogP contribution in [0.2, 0.25) is 10.0 Å². The van der Waals surface area contributed by atoms with Crippen molar-refractivity contribution in [1.82, 2.24) is 4.90 Å². The highest BCUT2D eigenvalue weighted by Crippen LogP contribution is 2.23. The molecule has 0 fully saturated rings. The van der Waals surface area contributed by atoms with Crippen molar-refractivity contribution in [3.63, 3.8) is 0 Å². The lowest BCUT2D eigenvalue weighted by atomic mass is 10.2. The Morgan fingerprint density at radius 1 is 1.17 bits per heavy atom. The molecule has 23 heavy (non-hydrogen) atoms. The van der Waals surface area contributed by atoms with E-state index in [1.807, 2.05) is 0 Å². The largest absolute Gasteiger partial charge is 0.466 e. The van der Waals surface area contributed by atoms with Crippen LogP contribution in [0.15, 0.2) is 18.2 Å². The molecule has 0 radical (unpaired) electrons. The second-order valence-electron chi connectivity index (χ2n) is 4.82. The van der Waals surface area contributed by atoms with Crippen molar-refractivity contribution in [1.29, 1.82) is 0 Å². The van der Waals surface area contributed by atoms with Crippen molar-refractivity contribution >= 4 is 35.1 Å².